The molecule has 0 bridgehead atoms. The second-order valence-electron chi connectivity index (χ2n) is 2.52. The first-order chi connectivity index (χ1) is 5.74. The van der Waals surface area contributed by atoms with Gasteiger partial charge in [0.25, 0.3) is 0 Å². The lowest BCUT2D eigenvalue weighted by molar-refractivity contribution is -0.104. The van der Waals surface area contributed by atoms with Crippen LogP contribution in [0.2, 0.25) is 5.02 Å². The monoisotopic (exact) mass is 180 g/mol. The molecule has 1 rings (SSSR count). The summed E-state index contributed by atoms with van der Waals surface area (Å²) < 4.78 is 0. The smallest absolute Gasteiger partial charge is 0.142 e. The molecule has 0 spiro atoms. The summed E-state index contributed by atoms with van der Waals surface area (Å²) in [6.45, 7) is 1.97. The quantitative estimate of drug-likeness (QED) is 0.505. The Labute approximate surface area is 76.7 Å². The molecule has 0 fully saturated rings. The fourth-order valence-electron chi connectivity index (χ4n) is 0.910. The van der Waals surface area contributed by atoms with Crippen molar-refractivity contribution in [2.45, 2.75) is 6.92 Å². The van der Waals surface area contributed by atoms with Crippen molar-refractivity contribution in [3.05, 3.63) is 40.4 Å². The minimum absolute atomic E-state index is 0.674. The Hall–Kier alpha value is -1.08. The van der Waals surface area contributed by atoms with Crippen LogP contribution in [-0.4, -0.2) is 6.29 Å². The third kappa shape index (κ3) is 2.21. The summed E-state index contributed by atoms with van der Waals surface area (Å²) in [7, 11) is 0. The van der Waals surface area contributed by atoms with Gasteiger partial charge >= 0.3 is 0 Å². The van der Waals surface area contributed by atoms with E-state index in [9.17, 15) is 4.79 Å². The van der Waals surface area contributed by atoms with Crippen LogP contribution in [0.3, 0.4) is 0 Å². The normalized spacial score (nSPS) is 10.5. The van der Waals surface area contributed by atoms with Crippen LogP contribution in [0.1, 0.15) is 11.1 Å². The van der Waals surface area contributed by atoms with Crippen LogP contribution >= 0.6 is 11.6 Å². The maximum Gasteiger partial charge on any atom is 0.142 e. The van der Waals surface area contributed by atoms with Crippen molar-refractivity contribution in [1.82, 2.24) is 0 Å². The van der Waals surface area contributed by atoms with Crippen LogP contribution in [0.15, 0.2) is 24.3 Å². The molecule has 0 saturated heterocycles. The van der Waals surface area contributed by atoms with Gasteiger partial charge in [-0.25, -0.2) is 0 Å². The zero-order valence-corrected chi connectivity index (χ0v) is 7.51. The van der Waals surface area contributed by atoms with Gasteiger partial charge in [0.2, 0.25) is 0 Å². The molecule has 0 aromatic heterocycles. The maximum atomic E-state index is 10.0. The summed E-state index contributed by atoms with van der Waals surface area (Å²) >= 11 is 5.90. The first-order valence-corrected chi connectivity index (χ1v) is 4.00. The molecular weight excluding hydrogens is 172 g/mol. The molecule has 0 amide bonds. The van der Waals surface area contributed by atoms with Gasteiger partial charge in [-0.1, -0.05) is 29.8 Å². The highest BCUT2D eigenvalue weighted by molar-refractivity contribution is 6.32. The van der Waals surface area contributed by atoms with Crippen molar-refractivity contribution in [3.63, 3.8) is 0 Å². The largest absolute Gasteiger partial charge is 0.299 e. The fourth-order valence-corrected chi connectivity index (χ4v) is 1.21. The molecule has 0 saturated carbocycles. The number of rotatable bonds is 2. The van der Waals surface area contributed by atoms with Gasteiger partial charge in [-0.2, -0.15) is 0 Å². The number of hydrogen-bond donors (Lipinski definition) is 0. The molecule has 12 heavy (non-hydrogen) atoms. The van der Waals surface area contributed by atoms with Gasteiger partial charge in [0, 0.05) is 5.02 Å². The van der Waals surface area contributed by atoms with Gasteiger partial charge in [-0.05, 0) is 30.2 Å². The lowest BCUT2D eigenvalue weighted by Gasteiger charge is -1.98. The molecule has 0 heterocycles. The molecule has 0 atom stereocenters. The molecule has 0 N–H and O–H groups in total. The van der Waals surface area contributed by atoms with E-state index in [1.54, 1.807) is 6.08 Å². The lowest BCUT2D eigenvalue weighted by atomic mass is 10.1. The van der Waals surface area contributed by atoms with Crippen LogP contribution in [-0.2, 0) is 4.79 Å². The van der Waals surface area contributed by atoms with Gasteiger partial charge < -0.3 is 0 Å². The number of carbonyl (C=O) groups excluding carboxylic acids is 1. The van der Waals surface area contributed by atoms with Crippen LogP contribution in [0.25, 0.3) is 6.08 Å². The summed E-state index contributed by atoms with van der Waals surface area (Å²) in [5.74, 6) is 0. The van der Waals surface area contributed by atoms with E-state index in [2.05, 4.69) is 0 Å². The Bertz CT molecular complexity index is 316. The average molecular weight is 181 g/mol. The van der Waals surface area contributed by atoms with E-state index < -0.39 is 0 Å². The number of hydrogen-bond acceptors (Lipinski definition) is 1. The highest BCUT2D eigenvalue weighted by Crippen LogP contribution is 2.18. The van der Waals surface area contributed by atoms with Crippen LogP contribution in [0.4, 0.5) is 0 Å². The number of benzene rings is 1. The number of aldehydes is 1. The summed E-state index contributed by atoms with van der Waals surface area (Å²) in [5, 5.41) is 0.674. The average Bonchev–Trinajstić information content (AvgIpc) is 2.03. The van der Waals surface area contributed by atoms with Gasteiger partial charge in [-0.15, -0.1) is 0 Å². The summed E-state index contributed by atoms with van der Waals surface area (Å²) in [4.78, 5) is 10.0. The third-order valence-electron chi connectivity index (χ3n) is 1.51. The van der Waals surface area contributed by atoms with Gasteiger partial charge in [0.1, 0.15) is 6.29 Å². The Morgan fingerprint density at radius 2 is 2.17 bits per heavy atom. The van der Waals surface area contributed by atoms with Crippen molar-refractivity contribution in [3.8, 4) is 0 Å². The minimum Gasteiger partial charge on any atom is -0.299 e. The van der Waals surface area contributed by atoms with Crippen molar-refractivity contribution in [1.29, 1.82) is 0 Å². The predicted octanol–water partition coefficient (Wildman–Crippen LogP) is 2.86. The number of aryl methyl sites for hydroxylation is 1. The van der Waals surface area contributed by atoms with E-state index in [4.69, 9.17) is 11.6 Å². The van der Waals surface area contributed by atoms with Crippen molar-refractivity contribution >= 4 is 24.0 Å². The van der Waals surface area contributed by atoms with Gasteiger partial charge in [0.15, 0.2) is 0 Å². The molecule has 62 valence electrons. The van der Waals surface area contributed by atoms with Crippen molar-refractivity contribution in [2.75, 3.05) is 0 Å². The maximum absolute atomic E-state index is 10.0. The highest BCUT2D eigenvalue weighted by atomic mass is 35.5. The highest BCUT2D eigenvalue weighted by Gasteiger charge is 1.94. The fraction of sp³-hybridized carbons (Fsp3) is 0.100. The minimum atomic E-state index is 0.674. The number of halogens is 1. The SMILES string of the molecule is Cc1ccc(/C=C/C=O)c(Cl)c1. The molecular formula is C10H9ClO. The molecule has 0 unspecified atom stereocenters. The van der Waals surface area contributed by atoms with Gasteiger partial charge in [-0.3, -0.25) is 4.79 Å². The van der Waals surface area contributed by atoms with Crippen LogP contribution in [0.5, 0.6) is 0 Å². The summed E-state index contributed by atoms with van der Waals surface area (Å²) in [6, 6.07) is 5.71. The van der Waals surface area contributed by atoms with Crippen LogP contribution < -0.4 is 0 Å². The Morgan fingerprint density at radius 3 is 2.75 bits per heavy atom. The molecule has 1 aromatic rings. The summed E-state index contributed by atoms with van der Waals surface area (Å²) in [6.07, 6.45) is 3.85. The zero-order chi connectivity index (χ0) is 8.97. The number of allylic oxidation sites excluding steroid dienone is 1. The first-order valence-electron chi connectivity index (χ1n) is 3.62. The Morgan fingerprint density at radius 1 is 1.42 bits per heavy atom. The molecule has 0 aliphatic carbocycles. The van der Waals surface area contributed by atoms with Crippen molar-refractivity contribution in [2.24, 2.45) is 0 Å². The van der Waals surface area contributed by atoms with E-state index in [1.807, 2.05) is 25.1 Å². The van der Waals surface area contributed by atoms with E-state index in [-0.39, 0.29) is 0 Å². The van der Waals surface area contributed by atoms with E-state index >= 15 is 0 Å². The summed E-state index contributed by atoms with van der Waals surface area (Å²) in [5.41, 5.74) is 1.98. The lowest BCUT2D eigenvalue weighted by Crippen LogP contribution is -1.77. The van der Waals surface area contributed by atoms with E-state index in [1.165, 1.54) is 6.08 Å². The number of carbonyl (C=O) groups is 1. The Kier molecular flexibility index (Phi) is 3.06. The Balaban J connectivity index is 3.01. The predicted molar refractivity (Wildman–Crippen MR) is 51.3 cm³/mol. The van der Waals surface area contributed by atoms with E-state index in [0.717, 1.165) is 17.4 Å². The molecule has 0 aliphatic heterocycles. The molecule has 1 aromatic carbocycles. The second-order valence-corrected chi connectivity index (χ2v) is 2.93. The van der Waals surface area contributed by atoms with Crippen LogP contribution in [0, 0.1) is 6.92 Å². The first kappa shape index (κ1) is 9.01. The standard InChI is InChI=1S/C10H9ClO/c1-8-4-5-9(3-2-6-12)10(11)7-8/h2-7H,1H3/b3-2+. The topological polar surface area (TPSA) is 17.1 Å². The molecule has 0 radical (unpaired) electrons. The third-order valence-corrected chi connectivity index (χ3v) is 1.84. The molecule has 1 nitrogen and oxygen atoms in total. The zero-order valence-electron chi connectivity index (χ0n) is 6.75. The van der Waals surface area contributed by atoms with Crippen molar-refractivity contribution < 1.29 is 4.79 Å². The second kappa shape index (κ2) is 4.07. The van der Waals surface area contributed by atoms with E-state index in [0.29, 0.717) is 5.02 Å². The molecule has 2 heteroatoms. The van der Waals surface area contributed by atoms with Gasteiger partial charge in [0.05, 0.1) is 0 Å². The molecule has 0 aliphatic rings.